The summed E-state index contributed by atoms with van der Waals surface area (Å²) in [5.41, 5.74) is 1.28. The van der Waals surface area contributed by atoms with Crippen molar-refractivity contribution >= 4 is 0 Å². The monoisotopic (exact) mass is 362 g/mol. The van der Waals surface area contributed by atoms with Gasteiger partial charge in [0, 0.05) is 31.7 Å². The van der Waals surface area contributed by atoms with E-state index < -0.39 is 0 Å². The Hall–Kier alpha value is -1.30. The third kappa shape index (κ3) is 5.12. The van der Waals surface area contributed by atoms with E-state index in [-0.39, 0.29) is 0 Å². The summed E-state index contributed by atoms with van der Waals surface area (Å²) in [6.07, 6.45) is 8.11. The number of ether oxygens (including phenoxy) is 3. The molecule has 2 fully saturated rings. The van der Waals surface area contributed by atoms with Gasteiger partial charge in [0.05, 0.1) is 27.4 Å². The van der Waals surface area contributed by atoms with Crippen LogP contribution in [0.15, 0.2) is 18.2 Å². The van der Waals surface area contributed by atoms with Gasteiger partial charge in [0.25, 0.3) is 0 Å². The SMILES string of the molecule is COc1ccc(C(CNC2CCCCCC2)N2CCOCC2)cc1OC. The Morgan fingerprint density at radius 3 is 2.38 bits per heavy atom. The van der Waals surface area contributed by atoms with Crippen molar-refractivity contribution in [3.05, 3.63) is 23.8 Å². The molecular weight excluding hydrogens is 328 g/mol. The Labute approximate surface area is 158 Å². The average molecular weight is 363 g/mol. The summed E-state index contributed by atoms with van der Waals surface area (Å²) in [4.78, 5) is 2.54. The van der Waals surface area contributed by atoms with Gasteiger partial charge in [0.15, 0.2) is 11.5 Å². The van der Waals surface area contributed by atoms with Crippen LogP contribution in [0.2, 0.25) is 0 Å². The van der Waals surface area contributed by atoms with E-state index in [1.807, 2.05) is 6.07 Å². The summed E-state index contributed by atoms with van der Waals surface area (Å²) in [5.74, 6) is 1.59. The van der Waals surface area contributed by atoms with E-state index in [1.54, 1.807) is 14.2 Å². The van der Waals surface area contributed by atoms with Gasteiger partial charge < -0.3 is 19.5 Å². The van der Waals surface area contributed by atoms with E-state index in [4.69, 9.17) is 14.2 Å². The zero-order chi connectivity index (χ0) is 18.2. The Morgan fingerprint density at radius 2 is 1.73 bits per heavy atom. The molecule has 5 heteroatoms. The normalized spacial score (nSPS) is 21.2. The predicted octanol–water partition coefficient (Wildman–Crippen LogP) is 3.39. The molecule has 26 heavy (non-hydrogen) atoms. The van der Waals surface area contributed by atoms with E-state index in [0.29, 0.717) is 12.1 Å². The molecule has 0 aromatic heterocycles. The molecule has 0 amide bonds. The molecular formula is C21H34N2O3. The minimum Gasteiger partial charge on any atom is -0.493 e. The number of hydrogen-bond acceptors (Lipinski definition) is 5. The van der Waals surface area contributed by atoms with Crippen LogP contribution in [-0.4, -0.2) is 58.0 Å². The van der Waals surface area contributed by atoms with Crippen LogP contribution in [0.4, 0.5) is 0 Å². The maximum Gasteiger partial charge on any atom is 0.161 e. The quantitative estimate of drug-likeness (QED) is 0.753. The first-order chi connectivity index (χ1) is 12.8. The summed E-state index contributed by atoms with van der Waals surface area (Å²) in [5, 5.41) is 3.87. The van der Waals surface area contributed by atoms with Crippen molar-refractivity contribution in [1.29, 1.82) is 0 Å². The first kappa shape index (κ1) is 19.5. The Morgan fingerprint density at radius 1 is 1.04 bits per heavy atom. The molecule has 1 aliphatic carbocycles. The molecule has 1 atom stereocenters. The highest BCUT2D eigenvalue weighted by molar-refractivity contribution is 5.44. The Bertz CT molecular complexity index is 538. The lowest BCUT2D eigenvalue weighted by Gasteiger charge is -2.36. The van der Waals surface area contributed by atoms with Gasteiger partial charge in [-0.15, -0.1) is 0 Å². The van der Waals surface area contributed by atoms with Crippen LogP contribution in [0.1, 0.15) is 50.1 Å². The third-order valence-corrected chi connectivity index (χ3v) is 5.73. The minimum absolute atomic E-state index is 0.335. The molecule has 1 unspecified atom stereocenters. The molecule has 5 nitrogen and oxygen atoms in total. The second kappa shape index (κ2) is 10.1. The highest BCUT2D eigenvalue weighted by Gasteiger charge is 2.25. The topological polar surface area (TPSA) is 43.0 Å². The fourth-order valence-corrected chi connectivity index (χ4v) is 4.17. The lowest BCUT2D eigenvalue weighted by atomic mass is 10.0. The highest BCUT2D eigenvalue weighted by Crippen LogP contribution is 2.32. The van der Waals surface area contributed by atoms with Crippen molar-refractivity contribution in [3.8, 4) is 11.5 Å². The van der Waals surface area contributed by atoms with E-state index in [2.05, 4.69) is 22.3 Å². The molecule has 0 radical (unpaired) electrons. The molecule has 1 aliphatic heterocycles. The predicted molar refractivity (Wildman–Crippen MR) is 104 cm³/mol. The molecule has 3 rings (SSSR count). The largest absolute Gasteiger partial charge is 0.493 e. The van der Waals surface area contributed by atoms with Crippen LogP contribution in [0.3, 0.4) is 0 Å². The van der Waals surface area contributed by atoms with Gasteiger partial charge in [-0.1, -0.05) is 31.7 Å². The Kier molecular flexibility index (Phi) is 7.59. The van der Waals surface area contributed by atoms with Crippen molar-refractivity contribution in [2.24, 2.45) is 0 Å². The van der Waals surface area contributed by atoms with Gasteiger partial charge in [-0.3, -0.25) is 4.90 Å². The lowest BCUT2D eigenvalue weighted by molar-refractivity contribution is 0.0155. The molecule has 0 bridgehead atoms. The molecule has 1 saturated heterocycles. The number of nitrogens with zero attached hydrogens (tertiary/aromatic N) is 1. The number of rotatable bonds is 7. The smallest absolute Gasteiger partial charge is 0.161 e. The maximum absolute atomic E-state index is 5.57. The van der Waals surface area contributed by atoms with Crippen LogP contribution in [0, 0.1) is 0 Å². The molecule has 146 valence electrons. The van der Waals surface area contributed by atoms with Gasteiger partial charge in [-0.2, -0.15) is 0 Å². The van der Waals surface area contributed by atoms with Crippen molar-refractivity contribution < 1.29 is 14.2 Å². The molecule has 0 spiro atoms. The molecule has 1 heterocycles. The number of hydrogen-bond donors (Lipinski definition) is 1. The lowest BCUT2D eigenvalue weighted by Crippen LogP contribution is -2.44. The van der Waals surface area contributed by atoms with Crippen LogP contribution in [-0.2, 0) is 4.74 Å². The highest BCUT2D eigenvalue weighted by atomic mass is 16.5. The van der Waals surface area contributed by atoms with E-state index in [9.17, 15) is 0 Å². The maximum atomic E-state index is 5.57. The summed E-state index contributed by atoms with van der Waals surface area (Å²) >= 11 is 0. The first-order valence-electron chi connectivity index (χ1n) is 10.1. The van der Waals surface area contributed by atoms with Gasteiger partial charge >= 0.3 is 0 Å². The summed E-state index contributed by atoms with van der Waals surface area (Å²) < 4.78 is 16.5. The number of nitrogens with one attached hydrogen (secondary N) is 1. The first-order valence-corrected chi connectivity index (χ1v) is 10.1. The average Bonchev–Trinajstić information content (AvgIpc) is 2.97. The van der Waals surface area contributed by atoms with E-state index >= 15 is 0 Å². The number of methoxy groups -OCH3 is 2. The second-order valence-electron chi connectivity index (χ2n) is 7.38. The fourth-order valence-electron chi connectivity index (χ4n) is 4.17. The van der Waals surface area contributed by atoms with Crippen LogP contribution < -0.4 is 14.8 Å². The molecule has 1 N–H and O–H groups in total. The second-order valence-corrected chi connectivity index (χ2v) is 7.38. The summed E-state index contributed by atoms with van der Waals surface area (Å²) in [6.45, 7) is 4.55. The van der Waals surface area contributed by atoms with Gasteiger partial charge in [-0.25, -0.2) is 0 Å². The Balaban J connectivity index is 1.74. The van der Waals surface area contributed by atoms with Gasteiger partial charge in [0.1, 0.15) is 0 Å². The van der Waals surface area contributed by atoms with Crippen molar-refractivity contribution in [1.82, 2.24) is 10.2 Å². The standard InChI is InChI=1S/C21H34N2O3/c1-24-20-10-9-17(15-21(20)25-2)19(23-11-13-26-14-12-23)16-22-18-7-5-3-4-6-8-18/h9-10,15,18-19,22H,3-8,11-14,16H2,1-2H3. The molecule has 1 aromatic rings. The van der Waals surface area contributed by atoms with Crippen molar-refractivity contribution in [2.45, 2.75) is 50.6 Å². The van der Waals surface area contributed by atoms with Gasteiger partial charge in [-0.05, 0) is 30.5 Å². The van der Waals surface area contributed by atoms with E-state index in [0.717, 1.165) is 44.3 Å². The minimum atomic E-state index is 0.335. The van der Waals surface area contributed by atoms with Crippen LogP contribution in [0.25, 0.3) is 0 Å². The van der Waals surface area contributed by atoms with Crippen molar-refractivity contribution in [2.75, 3.05) is 47.1 Å². The summed E-state index contributed by atoms with van der Waals surface area (Å²) in [7, 11) is 3.39. The van der Waals surface area contributed by atoms with Crippen molar-refractivity contribution in [3.63, 3.8) is 0 Å². The van der Waals surface area contributed by atoms with E-state index in [1.165, 1.54) is 44.1 Å². The molecule has 1 saturated carbocycles. The zero-order valence-electron chi connectivity index (χ0n) is 16.3. The van der Waals surface area contributed by atoms with Crippen LogP contribution in [0.5, 0.6) is 11.5 Å². The summed E-state index contributed by atoms with van der Waals surface area (Å²) in [6, 6.07) is 7.32. The third-order valence-electron chi connectivity index (χ3n) is 5.73. The van der Waals surface area contributed by atoms with Gasteiger partial charge in [0.2, 0.25) is 0 Å². The molecule has 2 aliphatic rings. The molecule has 1 aromatic carbocycles. The number of benzene rings is 1. The fraction of sp³-hybridized carbons (Fsp3) is 0.714. The zero-order valence-corrected chi connectivity index (χ0v) is 16.3. The van der Waals surface area contributed by atoms with Crippen LogP contribution >= 0.6 is 0 Å². The number of morpholine rings is 1.